The first-order chi connectivity index (χ1) is 11.5. The van der Waals surface area contributed by atoms with Crippen molar-refractivity contribution in [3.63, 3.8) is 0 Å². The number of phenolic OH excluding ortho intramolecular Hbond substituents is 1. The molecule has 1 heterocycles. The number of aromatic hydroxyl groups is 1. The van der Waals surface area contributed by atoms with Crippen LogP contribution in [-0.4, -0.2) is 21.2 Å². The summed E-state index contributed by atoms with van der Waals surface area (Å²) in [4.78, 5) is 16.6. The number of phenols is 1. The summed E-state index contributed by atoms with van der Waals surface area (Å²) in [6, 6.07) is 4.19. The number of nitrogens with zero attached hydrogens (tertiary/aromatic N) is 2. The molecular formula is C17H20ClN3O3. The van der Waals surface area contributed by atoms with Crippen molar-refractivity contribution in [1.29, 1.82) is 0 Å². The number of hydrogen-bond acceptors (Lipinski definition) is 5. The highest BCUT2D eigenvalue weighted by Crippen LogP contribution is 2.32. The fourth-order valence-electron chi connectivity index (χ4n) is 2.98. The maximum absolute atomic E-state index is 12.2. The minimum atomic E-state index is -0.365. The van der Waals surface area contributed by atoms with Crippen LogP contribution in [-0.2, 0) is 11.2 Å². The molecule has 0 spiro atoms. The van der Waals surface area contributed by atoms with Crippen molar-refractivity contribution in [3.05, 3.63) is 40.5 Å². The molecule has 1 amide bonds. The van der Waals surface area contributed by atoms with Gasteiger partial charge in [0.1, 0.15) is 11.8 Å². The molecule has 1 fully saturated rings. The van der Waals surface area contributed by atoms with Gasteiger partial charge in [0.15, 0.2) is 5.82 Å². The van der Waals surface area contributed by atoms with Crippen molar-refractivity contribution in [2.24, 2.45) is 0 Å². The number of rotatable bonds is 5. The van der Waals surface area contributed by atoms with E-state index < -0.39 is 0 Å². The van der Waals surface area contributed by atoms with Gasteiger partial charge in [-0.2, -0.15) is 4.98 Å². The third-order valence-electron chi connectivity index (χ3n) is 4.31. The van der Waals surface area contributed by atoms with Crippen molar-refractivity contribution in [3.8, 4) is 5.75 Å². The summed E-state index contributed by atoms with van der Waals surface area (Å²) in [5, 5.41) is 16.6. The summed E-state index contributed by atoms with van der Waals surface area (Å²) in [5.74, 6) is 1.41. The average Bonchev–Trinajstić information content (AvgIpc) is 3.20. The van der Waals surface area contributed by atoms with Crippen LogP contribution in [0.3, 0.4) is 0 Å². The van der Waals surface area contributed by atoms with Gasteiger partial charge in [-0.3, -0.25) is 4.79 Å². The number of carbonyl (C=O) groups is 1. The van der Waals surface area contributed by atoms with Gasteiger partial charge in [0.05, 0.1) is 6.42 Å². The van der Waals surface area contributed by atoms with E-state index in [2.05, 4.69) is 15.5 Å². The van der Waals surface area contributed by atoms with Crippen LogP contribution in [0.15, 0.2) is 22.7 Å². The van der Waals surface area contributed by atoms with E-state index in [1.165, 1.54) is 25.0 Å². The third kappa shape index (κ3) is 3.87. The molecule has 1 aromatic heterocycles. The Hall–Kier alpha value is -2.08. The highest BCUT2D eigenvalue weighted by molar-refractivity contribution is 6.31. The lowest BCUT2D eigenvalue weighted by molar-refractivity contribution is -0.121. The standard InChI is InChI=1S/C17H20ClN3O3/c1-10(17-20-16(21-24-17)11-4-2-3-5-11)19-15(23)8-12-6-7-13(22)9-14(12)18/h6-7,9-11,22H,2-5,8H2,1H3,(H,19,23)/t10-/m0/s1. The second-order valence-electron chi connectivity index (χ2n) is 6.21. The summed E-state index contributed by atoms with van der Waals surface area (Å²) in [7, 11) is 0. The zero-order valence-electron chi connectivity index (χ0n) is 13.5. The third-order valence-corrected chi connectivity index (χ3v) is 4.67. The molecule has 2 N–H and O–H groups in total. The Bertz CT molecular complexity index is 726. The molecule has 0 unspecified atom stereocenters. The molecule has 24 heavy (non-hydrogen) atoms. The first-order valence-corrected chi connectivity index (χ1v) is 8.51. The monoisotopic (exact) mass is 349 g/mol. The fourth-order valence-corrected chi connectivity index (χ4v) is 3.22. The first-order valence-electron chi connectivity index (χ1n) is 8.13. The van der Waals surface area contributed by atoms with Gasteiger partial charge >= 0.3 is 0 Å². The number of aromatic nitrogens is 2. The van der Waals surface area contributed by atoms with E-state index in [-0.39, 0.29) is 24.1 Å². The molecule has 1 saturated carbocycles. The van der Waals surface area contributed by atoms with Crippen molar-refractivity contribution in [1.82, 2.24) is 15.5 Å². The predicted octanol–water partition coefficient (Wildman–Crippen LogP) is 3.51. The lowest BCUT2D eigenvalue weighted by Crippen LogP contribution is -2.28. The Morgan fingerprint density at radius 2 is 2.21 bits per heavy atom. The summed E-state index contributed by atoms with van der Waals surface area (Å²) >= 11 is 6.02. The predicted molar refractivity (Wildman–Crippen MR) is 88.9 cm³/mol. The van der Waals surface area contributed by atoms with Gasteiger partial charge in [-0.05, 0) is 37.5 Å². The lowest BCUT2D eigenvalue weighted by Gasteiger charge is -2.10. The zero-order chi connectivity index (χ0) is 17.1. The molecule has 2 aromatic rings. The second-order valence-corrected chi connectivity index (χ2v) is 6.62. The maximum atomic E-state index is 12.2. The lowest BCUT2D eigenvalue weighted by atomic mass is 10.1. The van der Waals surface area contributed by atoms with Gasteiger partial charge in [-0.25, -0.2) is 0 Å². The SMILES string of the molecule is C[C@H](NC(=O)Cc1ccc(O)cc1Cl)c1nc(C2CCCC2)no1. The second kappa shape index (κ2) is 7.21. The first kappa shape index (κ1) is 16.8. The van der Waals surface area contributed by atoms with Crippen molar-refractivity contribution >= 4 is 17.5 Å². The van der Waals surface area contributed by atoms with Crippen molar-refractivity contribution < 1.29 is 14.4 Å². The molecular weight excluding hydrogens is 330 g/mol. The summed E-state index contributed by atoms with van der Waals surface area (Å²) in [5.41, 5.74) is 0.649. The molecule has 128 valence electrons. The molecule has 1 atom stereocenters. The zero-order valence-corrected chi connectivity index (χ0v) is 14.2. The van der Waals surface area contributed by atoms with E-state index in [0.29, 0.717) is 22.4 Å². The Balaban J connectivity index is 1.59. The molecule has 0 radical (unpaired) electrons. The topological polar surface area (TPSA) is 88.2 Å². The average molecular weight is 350 g/mol. The van der Waals surface area contributed by atoms with E-state index in [4.69, 9.17) is 16.1 Å². The summed E-state index contributed by atoms with van der Waals surface area (Å²) in [6.45, 7) is 1.81. The van der Waals surface area contributed by atoms with E-state index in [9.17, 15) is 9.90 Å². The smallest absolute Gasteiger partial charge is 0.248 e. The number of carbonyl (C=O) groups excluding carboxylic acids is 1. The molecule has 6 nitrogen and oxygen atoms in total. The molecule has 3 rings (SSSR count). The number of amides is 1. The largest absolute Gasteiger partial charge is 0.508 e. The number of nitrogens with one attached hydrogen (secondary N) is 1. The van der Waals surface area contributed by atoms with Gasteiger partial charge in [-0.1, -0.05) is 35.7 Å². The van der Waals surface area contributed by atoms with Crippen LogP contribution in [0, 0.1) is 0 Å². The molecule has 0 saturated heterocycles. The number of halogens is 1. The highest BCUT2D eigenvalue weighted by atomic mass is 35.5. The van der Waals surface area contributed by atoms with Gasteiger partial charge in [0, 0.05) is 10.9 Å². The highest BCUT2D eigenvalue weighted by Gasteiger charge is 2.24. The minimum absolute atomic E-state index is 0.0721. The Morgan fingerprint density at radius 3 is 2.92 bits per heavy atom. The molecule has 1 aliphatic carbocycles. The molecule has 7 heteroatoms. The Kier molecular flexibility index (Phi) is 5.04. The minimum Gasteiger partial charge on any atom is -0.508 e. The summed E-state index contributed by atoms with van der Waals surface area (Å²) in [6.07, 6.45) is 4.72. The van der Waals surface area contributed by atoms with Crippen LogP contribution >= 0.6 is 11.6 Å². The van der Waals surface area contributed by atoms with Gasteiger partial charge in [-0.15, -0.1) is 0 Å². The van der Waals surface area contributed by atoms with Gasteiger partial charge in [0.2, 0.25) is 11.8 Å². The van der Waals surface area contributed by atoms with Crippen LogP contribution in [0.4, 0.5) is 0 Å². The number of hydrogen-bond donors (Lipinski definition) is 2. The van der Waals surface area contributed by atoms with Crippen LogP contribution in [0.25, 0.3) is 0 Å². The Morgan fingerprint density at radius 1 is 1.46 bits per heavy atom. The number of benzene rings is 1. The van der Waals surface area contributed by atoms with E-state index in [1.54, 1.807) is 6.07 Å². The van der Waals surface area contributed by atoms with Crippen LogP contribution in [0.1, 0.15) is 61.8 Å². The maximum Gasteiger partial charge on any atom is 0.248 e. The Labute approximate surface area is 145 Å². The van der Waals surface area contributed by atoms with Gasteiger partial charge < -0.3 is 14.9 Å². The normalized spacial score (nSPS) is 16.2. The molecule has 1 aromatic carbocycles. The van der Waals surface area contributed by atoms with E-state index in [1.807, 2.05) is 6.92 Å². The van der Waals surface area contributed by atoms with E-state index in [0.717, 1.165) is 18.7 Å². The van der Waals surface area contributed by atoms with Crippen molar-refractivity contribution in [2.45, 2.75) is 51.0 Å². The molecule has 1 aliphatic rings. The van der Waals surface area contributed by atoms with Crippen LogP contribution < -0.4 is 5.32 Å². The fraction of sp³-hybridized carbons (Fsp3) is 0.471. The van der Waals surface area contributed by atoms with Gasteiger partial charge in [0.25, 0.3) is 0 Å². The van der Waals surface area contributed by atoms with Crippen molar-refractivity contribution in [2.75, 3.05) is 0 Å². The van der Waals surface area contributed by atoms with Crippen LogP contribution in [0.2, 0.25) is 5.02 Å². The quantitative estimate of drug-likeness (QED) is 0.862. The molecule has 0 aliphatic heterocycles. The van der Waals surface area contributed by atoms with Crippen LogP contribution in [0.5, 0.6) is 5.75 Å². The molecule has 0 bridgehead atoms. The summed E-state index contributed by atoms with van der Waals surface area (Å²) < 4.78 is 5.29. The van der Waals surface area contributed by atoms with E-state index >= 15 is 0 Å².